The molecule has 0 bridgehead atoms. The van der Waals surface area contributed by atoms with Gasteiger partial charge in [-0.3, -0.25) is 0 Å². The Hall–Kier alpha value is -0.250. The van der Waals surface area contributed by atoms with Gasteiger partial charge in [0.15, 0.2) is 0 Å². The van der Waals surface area contributed by atoms with Gasteiger partial charge in [-0.25, -0.2) is 8.78 Å². The predicted octanol–water partition coefficient (Wildman–Crippen LogP) is 1.33. The van der Waals surface area contributed by atoms with Gasteiger partial charge in [-0.2, -0.15) is 0 Å². The molecule has 0 saturated carbocycles. The highest BCUT2D eigenvalue weighted by Gasteiger charge is 2.32. The highest BCUT2D eigenvalue weighted by molar-refractivity contribution is 7.80. The summed E-state index contributed by atoms with van der Waals surface area (Å²) in [5.41, 5.74) is 0. The largest absolute Gasteiger partial charge is 0.374 e. The second-order valence-corrected chi connectivity index (χ2v) is 2.63. The molecule has 1 N–H and O–H groups in total. The fourth-order valence-corrected chi connectivity index (χ4v) is 0.875. The maximum absolute atomic E-state index is 12.3. The summed E-state index contributed by atoms with van der Waals surface area (Å²) in [4.78, 5) is 0.556. The first-order chi connectivity index (χ1) is 4.10. The maximum Gasteiger partial charge on any atom is 0.265 e. The van der Waals surface area contributed by atoms with E-state index in [0.29, 0.717) is 11.4 Å². The summed E-state index contributed by atoms with van der Waals surface area (Å²) >= 11 is 4.66. The van der Waals surface area contributed by atoms with Crippen LogP contribution in [0.5, 0.6) is 0 Å². The van der Waals surface area contributed by atoms with Crippen LogP contribution in [0.25, 0.3) is 0 Å². The van der Waals surface area contributed by atoms with E-state index in [0.717, 1.165) is 0 Å². The molecule has 0 amide bonds. The van der Waals surface area contributed by atoms with Gasteiger partial charge >= 0.3 is 0 Å². The third kappa shape index (κ3) is 1.86. The molecule has 1 rings (SSSR count). The monoisotopic (exact) mass is 151 g/mol. The molecule has 1 heterocycles. The average Bonchev–Trinajstić information content (AvgIpc) is 1.78. The summed E-state index contributed by atoms with van der Waals surface area (Å²) in [5.74, 6) is -2.54. The van der Waals surface area contributed by atoms with Gasteiger partial charge in [0.2, 0.25) is 0 Å². The van der Waals surface area contributed by atoms with Crippen molar-refractivity contribution in [2.24, 2.45) is 0 Å². The summed E-state index contributed by atoms with van der Waals surface area (Å²) in [6.07, 6.45) is 0.223. The zero-order valence-corrected chi connectivity index (χ0v) is 5.60. The molecule has 0 aromatic rings. The Morgan fingerprint density at radius 2 is 2.22 bits per heavy atom. The summed E-state index contributed by atoms with van der Waals surface area (Å²) < 4.78 is 24.5. The van der Waals surface area contributed by atoms with Gasteiger partial charge in [0.25, 0.3) is 5.92 Å². The molecule has 4 heteroatoms. The van der Waals surface area contributed by atoms with Crippen LogP contribution in [0.2, 0.25) is 0 Å². The SMILES string of the molecule is FC1(F)CCC(=S)NC1. The second kappa shape index (κ2) is 2.17. The molecule has 52 valence electrons. The number of rotatable bonds is 0. The number of hydrogen-bond donors (Lipinski definition) is 1. The minimum absolute atomic E-state index is 0.0984. The number of alkyl halides is 2. The Balaban J connectivity index is 2.44. The third-order valence-electron chi connectivity index (χ3n) is 1.26. The van der Waals surface area contributed by atoms with E-state index in [1.54, 1.807) is 0 Å². The third-order valence-corrected chi connectivity index (χ3v) is 1.61. The Morgan fingerprint density at radius 3 is 2.56 bits per heavy atom. The van der Waals surface area contributed by atoms with Gasteiger partial charge in [0.1, 0.15) is 0 Å². The molecule has 0 spiro atoms. The van der Waals surface area contributed by atoms with E-state index in [2.05, 4.69) is 17.5 Å². The van der Waals surface area contributed by atoms with Crippen molar-refractivity contribution in [3.8, 4) is 0 Å². The first kappa shape index (κ1) is 6.86. The average molecular weight is 151 g/mol. The van der Waals surface area contributed by atoms with E-state index in [4.69, 9.17) is 0 Å². The number of halogens is 2. The smallest absolute Gasteiger partial charge is 0.265 e. The van der Waals surface area contributed by atoms with E-state index >= 15 is 0 Å². The number of piperidine rings is 1. The van der Waals surface area contributed by atoms with Crippen LogP contribution in [-0.4, -0.2) is 17.5 Å². The van der Waals surface area contributed by atoms with E-state index in [9.17, 15) is 8.78 Å². The summed E-state index contributed by atoms with van der Waals surface area (Å²) in [5, 5.41) is 2.45. The molecule has 1 saturated heterocycles. The highest BCUT2D eigenvalue weighted by atomic mass is 32.1. The normalized spacial score (nSPS) is 25.3. The van der Waals surface area contributed by atoms with Crippen LogP contribution in [0.4, 0.5) is 8.78 Å². The van der Waals surface area contributed by atoms with Crippen molar-refractivity contribution in [2.75, 3.05) is 6.54 Å². The summed E-state index contributed by atoms with van der Waals surface area (Å²) in [6, 6.07) is 0. The van der Waals surface area contributed by atoms with E-state index < -0.39 is 5.92 Å². The highest BCUT2D eigenvalue weighted by Crippen LogP contribution is 2.22. The van der Waals surface area contributed by atoms with Crippen molar-refractivity contribution in [3.63, 3.8) is 0 Å². The minimum Gasteiger partial charge on any atom is -0.374 e. The van der Waals surface area contributed by atoms with Crippen molar-refractivity contribution < 1.29 is 8.78 Å². The number of hydrogen-bond acceptors (Lipinski definition) is 1. The van der Waals surface area contributed by atoms with Crippen LogP contribution in [0, 0.1) is 0 Å². The van der Waals surface area contributed by atoms with Crippen molar-refractivity contribution in [1.82, 2.24) is 5.32 Å². The van der Waals surface area contributed by atoms with E-state index in [-0.39, 0.29) is 13.0 Å². The standard InChI is InChI=1S/C5H7F2NS/c6-5(7)2-1-4(9)8-3-5/h1-3H2,(H,8,9). The molecule has 1 aliphatic heterocycles. The first-order valence-corrected chi connectivity index (χ1v) is 3.15. The van der Waals surface area contributed by atoms with Gasteiger partial charge in [0.05, 0.1) is 11.5 Å². The molecule has 0 aromatic heterocycles. The lowest BCUT2D eigenvalue weighted by atomic mass is 10.1. The van der Waals surface area contributed by atoms with Gasteiger partial charge in [-0.15, -0.1) is 0 Å². The summed E-state index contributed by atoms with van der Waals surface area (Å²) in [7, 11) is 0. The Bertz CT molecular complexity index is 123. The van der Waals surface area contributed by atoms with Crippen LogP contribution >= 0.6 is 12.2 Å². The topological polar surface area (TPSA) is 12.0 Å². The maximum atomic E-state index is 12.3. The van der Waals surface area contributed by atoms with Crippen LogP contribution in [0.1, 0.15) is 12.8 Å². The van der Waals surface area contributed by atoms with Gasteiger partial charge < -0.3 is 5.32 Å². The fourth-order valence-electron chi connectivity index (χ4n) is 0.701. The molecule has 9 heavy (non-hydrogen) atoms. The molecule has 0 radical (unpaired) electrons. The molecule has 0 aliphatic carbocycles. The van der Waals surface area contributed by atoms with Gasteiger partial charge in [-0.05, 0) is 0 Å². The van der Waals surface area contributed by atoms with Crippen molar-refractivity contribution in [3.05, 3.63) is 0 Å². The fraction of sp³-hybridized carbons (Fsp3) is 0.800. The number of nitrogens with one attached hydrogen (secondary N) is 1. The molecular weight excluding hydrogens is 144 g/mol. The second-order valence-electron chi connectivity index (χ2n) is 2.13. The van der Waals surface area contributed by atoms with Gasteiger partial charge in [0, 0.05) is 12.8 Å². The lowest BCUT2D eigenvalue weighted by Crippen LogP contribution is -2.41. The first-order valence-electron chi connectivity index (χ1n) is 2.75. The van der Waals surface area contributed by atoms with Crippen LogP contribution in [0.15, 0.2) is 0 Å². The van der Waals surface area contributed by atoms with Crippen LogP contribution in [-0.2, 0) is 0 Å². The Morgan fingerprint density at radius 1 is 1.56 bits per heavy atom. The van der Waals surface area contributed by atoms with E-state index in [1.165, 1.54) is 0 Å². The van der Waals surface area contributed by atoms with Gasteiger partial charge in [-0.1, -0.05) is 12.2 Å². The molecule has 0 aromatic carbocycles. The zero-order chi connectivity index (χ0) is 6.91. The quantitative estimate of drug-likeness (QED) is 0.524. The van der Waals surface area contributed by atoms with Crippen molar-refractivity contribution in [2.45, 2.75) is 18.8 Å². The molecule has 1 fully saturated rings. The Kier molecular flexibility index (Phi) is 1.66. The lowest BCUT2D eigenvalue weighted by Gasteiger charge is -2.23. The minimum atomic E-state index is -2.54. The molecule has 1 aliphatic rings. The number of thiocarbonyl (C=S) groups is 1. The zero-order valence-electron chi connectivity index (χ0n) is 4.79. The summed E-state index contributed by atoms with van der Waals surface area (Å²) in [6.45, 7) is -0.286. The van der Waals surface area contributed by atoms with Crippen LogP contribution < -0.4 is 5.32 Å². The molecule has 0 unspecified atom stereocenters. The molecule has 0 atom stereocenters. The molecule has 1 nitrogen and oxygen atoms in total. The predicted molar refractivity (Wildman–Crippen MR) is 34.8 cm³/mol. The van der Waals surface area contributed by atoms with Crippen molar-refractivity contribution in [1.29, 1.82) is 0 Å². The Labute approximate surface area is 57.4 Å². The lowest BCUT2D eigenvalue weighted by molar-refractivity contribution is -0.00623. The van der Waals surface area contributed by atoms with Crippen molar-refractivity contribution >= 4 is 17.2 Å². The molecular formula is C5H7F2NS. The van der Waals surface area contributed by atoms with Crippen LogP contribution in [0.3, 0.4) is 0 Å². The van der Waals surface area contributed by atoms with E-state index in [1.807, 2.05) is 0 Å².